The first-order chi connectivity index (χ1) is 23.3. The van der Waals surface area contributed by atoms with E-state index in [2.05, 4.69) is 169 Å². The standard InChI is InChI=1S/C48H59OSi/c1-28-21-22-35(32-24-33(46(4,5)6)26-34(25-32)47(7,8)9)43-40(28)41(30(3)45(43)50(14)15)39-29(2)23-36-37(39)27-38(48(10,11)12)44(49-13)42(36)31-19-17-16-18-20-31/h16-27,39,45H,1-15H3. The van der Waals surface area contributed by atoms with Gasteiger partial charge in [0.25, 0.3) is 0 Å². The Balaban J connectivity index is 1.66. The van der Waals surface area contributed by atoms with Crippen LogP contribution in [-0.4, -0.2) is 15.9 Å². The van der Waals surface area contributed by atoms with Gasteiger partial charge in [-0.3, -0.25) is 0 Å². The minimum atomic E-state index is -0.739. The third kappa shape index (κ3) is 6.06. The van der Waals surface area contributed by atoms with Crippen LogP contribution in [-0.2, 0) is 16.2 Å². The summed E-state index contributed by atoms with van der Waals surface area (Å²) in [6.45, 7) is 33.3. The Bertz CT molecular complexity index is 2000. The zero-order valence-corrected chi connectivity index (χ0v) is 34.5. The number of methoxy groups -OCH3 is 1. The average molecular weight is 680 g/mol. The van der Waals surface area contributed by atoms with Crippen molar-refractivity contribution in [1.29, 1.82) is 0 Å². The minimum absolute atomic E-state index is 0.0603. The molecule has 0 aromatic heterocycles. The number of hydrogen-bond donors (Lipinski definition) is 0. The van der Waals surface area contributed by atoms with E-state index in [1.54, 1.807) is 11.1 Å². The fraction of sp³-hybridized carbons (Fsp3) is 0.417. The van der Waals surface area contributed by atoms with E-state index in [-0.39, 0.29) is 22.2 Å². The predicted octanol–water partition coefficient (Wildman–Crippen LogP) is 13.6. The van der Waals surface area contributed by atoms with E-state index in [0.717, 1.165) is 5.75 Å². The Morgan fingerprint density at radius 2 is 1.26 bits per heavy atom. The van der Waals surface area contributed by atoms with Crippen molar-refractivity contribution < 1.29 is 4.74 Å². The van der Waals surface area contributed by atoms with Gasteiger partial charge in [0.2, 0.25) is 0 Å². The number of allylic oxidation sites excluding steroid dienone is 3. The Hall–Kier alpha value is -3.62. The average Bonchev–Trinajstić information content (AvgIpc) is 3.51. The lowest BCUT2D eigenvalue weighted by atomic mass is 9.76. The number of hydrogen-bond acceptors (Lipinski definition) is 1. The van der Waals surface area contributed by atoms with Crippen molar-refractivity contribution in [2.24, 2.45) is 0 Å². The Morgan fingerprint density at radius 1 is 0.660 bits per heavy atom. The van der Waals surface area contributed by atoms with Crippen molar-refractivity contribution in [3.8, 4) is 28.0 Å². The molecule has 0 bridgehead atoms. The molecule has 0 amide bonds. The van der Waals surface area contributed by atoms with Crippen LogP contribution < -0.4 is 4.74 Å². The van der Waals surface area contributed by atoms with E-state index in [1.807, 2.05) is 7.11 Å². The van der Waals surface area contributed by atoms with Gasteiger partial charge < -0.3 is 4.74 Å². The molecule has 0 heterocycles. The largest absolute Gasteiger partial charge is 0.496 e. The highest BCUT2D eigenvalue weighted by Crippen LogP contribution is 2.59. The zero-order valence-electron chi connectivity index (χ0n) is 33.5. The van der Waals surface area contributed by atoms with Crippen LogP contribution in [0.5, 0.6) is 5.75 Å². The molecule has 2 heteroatoms. The van der Waals surface area contributed by atoms with Crippen molar-refractivity contribution in [2.75, 3.05) is 7.11 Å². The van der Waals surface area contributed by atoms with E-state index in [1.165, 1.54) is 72.3 Å². The van der Waals surface area contributed by atoms with Crippen LogP contribution in [0.1, 0.15) is 132 Å². The maximum atomic E-state index is 6.32. The molecule has 261 valence electrons. The van der Waals surface area contributed by atoms with Gasteiger partial charge in [0.05, 0.1) is 15.9 Å². The highest BCUT2D eigenvalue weighted by atomic mass is 28.3. The smallest absolute Gasteiger partial charge is 0.131 e. The zero-order chi connectivity index (χ0) is 36.7. The third-order valence-electron chi connectivity index (χ3n) is 11.3. The lowest BCUT2D eigenvalue weighted by Gasteiger charge is -2.29. The maximum absolute atomic E-state index is 6.32. The maximum Gasteiger partial charge on any atom is 0.131 e. The van der Waals surface area contributed by atoms with Gasteiger partial charge >= 0.3 is 0 Å². The van der Waals surface area contributed by atoms with Crippen LogP contribution in [0.3, 0.4) is 0 Å². The molecule has 50 heavy (non-hydrogen) atoms. The van der Waals surface area contributed by atoms with Gasteiger partial charge in [0.1, 0.15) is 5.75 Å². The normalized spacial score (nSPS) is 17.7. The van der Waals surface area contributed by atoms with Gasteiger partial charge in [-0.25, -0.2) is 0 Å². The molecule has 0 aliphatic heterocycles. The second-order valence-corrected chi connectivity index (χ2v) is 21.1. The summed E-state index contributed by atoms with van der Waals surface area (Å²) in [6, 6.07) is 25.7. The number of aryl methyl sites for hydroxylation is 1. The molecular weight excluding hydrogens is 621 g/mol. The summed E-state index contributed by atoms with van der Waals surface area (Å²) in [5.74, 6) is 1.20. The fourth-order valence-corrected chi connectivity index (χ4v) is 10.5. The second kappa shape index (κ2) is 12.6. The van der Waals surface area contributed by atoms with Gasteiger partial charge in [0.15, 0.2) is 0 Å². The summed E-state index contributed by atoms with van der Waals surface area (Å²) >= 11 is 0. The first-order valence-corrected chi connectivity index (χ1v) is 21.1. The van der Waals surface area contributed by atoms with Gasteiger partial charge in [-0.05, 0) is 110 Å². The van der Waals surface area contributed by atoms with Gasteiger partial charge in [0, 0.05) is 17.0 Å². The van der Waals surface area contributed by atoms with Crippen LogP contribution in [0.4, 0.5) is 0 Å². The topological polar surface area (TPSA) is 9.23 Å². The fourth-order valence-electron chi connectivity index (χ4n) is 8.64. The highest BCUT2D eigenvalue weighted by molar-refractivity contribution is 6.59. The molecule has 0 fully saturated rings. The molecule has 0 spiro atoms. The van der Waals surface area contributed by atoms with Crippen molar-refractivity contribution >= 4 is 20.4 Å². The monoisotopic (exact) mass is 679 g/mol. The molecule has 2 aliphatic carbocycles. The molecule has 1 nitrogen and oxygen atoms in total. The summed E-state index contributed by atoms with van der Waals surface area (Å²) in [4.78, 5) is 0. The summed E-state index contributed by atoms with van der Waals surface area (Å²) in [6.07, 6.45) is 2.47. The van der Waals surface area contributed by atoms with Gasteiger partial charge in [-0.1, -0.05) is 153 Å². The van der Waals surface area contributed by atoms with E-state index in [9.17, 15) is 0 Å². The molecule has 4 aromatic carbocycles. The molecule has 0 saturated heterocycles. The third-order valence-corrected chi connectivity index (χ3v) is 13.2. The SMILES string of the molecule is COc1c(C(C)(C)C)cc2c(c1-c1ccccc1)C=C(C)C2C1=C(C)C([Si](C)C)c2c(-c3cc(C(C)(C)C)cc(C(C)(C)C)c3)ccc(C)c21. The van der Waals surface area contributed by atoms with E-state index < -0.39 is 8.80 Å². The van der Waals surface area contributed by atoms with E-state index in [4.69, 9.17) is 4.74 Å². The van der Waals surface area contributed by atoms with Gasteiger partial charge in [-0.2, -0.15) is 0 Å². The van der Waals surface area contributed by atoms with Crippen LogP contribution >= 0.6 is 0 Å². The summed E-state index contributed by atoms with van der Waals surface area (Å²) < 4.78 is 6.32. The molecule has 6 rings (SSSR count). The van der Waals surface area contributed by atoms with Crippen LogP contribution in [0, 0.1) is 6.92 Å². The first-order valence-electron chi connectivity index (χ1n) is 18.6. The summed E-state index contributed by atoms with van der Waals surface area (Å²) in [5, 5.41) is 0. The lowest BCUT2D eigenvalue weighted by molar-refractivity contribution is 0.399. The predicted molar refractivity (Wildman–Crippen MR) is 220 cm³/mol. The van der Waals surface area contributed by atoms with E-state index >= 15 is 0 Å². The number of benzene rings is 4. The summed E-state index contributed by atoms with van der Waals surface area (Å²) in [7, 11) is 1.10. The van der Waals surface area contributed by atoms with Gasteiger partial charge in [-0.15, -0.1) is 0 Å². The minimum Gasteiger partial charge on any atom is -0.496 e. The number of fused-ring (bicyclic) bond motifs is 2. The van der Waals surface area contributed by atoms with Crippen LogP contribution in [0.15, 0.2) is 77.9 Å². The molecule has 0 N–H and O–H groups in total. The Kier molecular flexibility index (Phi) is 9.08. The van der Waals surface area contributed by atoms with E-state index in [0.29, 0.717) is 5.54 Å². The molecule has 2 atom stereocenters. The van der Waals surface area contributed by atoms with Crippen molar-refractivity contribution in [3.63, 3.8) is 0 Å². The Morgan fingerprint density at radius 3 is 1.78 bits per heavy atom. The number of rotatable bonds is 5. The molecular formula is C48H59OSi. The van der Waals surface area contributed by atoms with Crippen molar-refractivity contribution in [3.05, 3.63) is 122 Å². The first kappa shape index (κ1) is 36.2. The quantitative estimate of drug-likeness (QED) is 0.191. The summed E-state index contributed by atoms with van der Waals surface area (Å²) in [5.41, 5.74) is 21.5. The number of ether oxygens (including phenoxy) is 1. The molecule has 2 aliphatic rings. The van der Waals surface area contributed by atoms with Crippen molar-refractivity contribution in [2.45, 2.75) is 124 Å². The molecule has 2 unspecified atom stereocenters. The molecule has 0 saturated carbocycles. The second-order valence-electron chi connectivity index (χ2n) is 18.4. The van der Waals surface area contributed by atoms with Crippen LogP contribution in [0.25, 0.3) is 33.9 Å². The van der Waals surface area contributed by atoms with Crippen LogP contribution in [0.2, 0.25) is 13.1 Å². The highest BCUT2D eigenvalue weighted by Gasteiger charge is 2.42. The van der Waals surface area contributed by atoms with Crippen molar-refractivity contribution in [1.82, 2.24) is 0 Å². The molecule has 4 aromatic rings. The molecule has 1 radical (unpaired) electrons. The lowest BCUT2D eigenvalue weighted by Crippen LogP contribution is -2.18. The Labute approximate surface area is 305 Å².